The van der Waals surface area contributed by atoms with Crippen molar-refractivity contribution in [2.75, 3.05) is 0 Å². The largest absolute Gasteiger partial charge is 0.492 e. The topological polar surface area (TPSA) is 129 Å². The predicted octanol–water partition coefficient (Wildman–Crippen LogP) is 0.601. The van der Waals surface area contributed by atoms with Crippen molar-refractivity contribution >= 4 is 27.8 Å². The summed E-state index contributed by atoms with van der Waals surface area (Å²) < 4.78 is 1.55. The summed E-state index contributed by atoms with van der Waals surface area (Å²) in [5, 5.41) is 14.3. The van der Waals surface area contributed by atoms with E-state index in [1.165, 1.54) is 4.68 Å². The number of nitro groups is 1. The summed E-state index contributed by atoms with van der Waals surface area (Å²) in [5.74, 6) is 4.14. The molecule has 10 heteroatoms. The number of benzene rings is 1. The summed E-state index contributed by atoms with van der Waals surface area (Å²) in [4.78, 5) is 25.0. The first-order valence-electron chi connectivity index (χ1n) is 5.36. The quantitative estimate of drug-likeness (QED) is 0.363. The average molecular weight is 341 g/mol. The molecule has 1 aromatic carbocycles. The third-order valence-corrected chi connectivity index (χ3v) is 3.02. The second-order valence-electron chi connectivity index (χ2n) is 3.77. The number of amides is 1. The summed E-state index contributed by atoms with van der Waals surface area (Å²) in [6.07, 6.45) is 0. The highest BCUT2D eigenvalue weighted by Gasteiger charge is 2.19. The van der Waals surface area contributed by atoms with Crippen molar-refractivity contribution < 1.29 is 9.72 Å². The Balaban J connectivity index is 2.26. The normalized spacial score (nSPS) is 10.3. The molecule has 0 spiro atoms. The van der Waals surface area contributed by atoms with Gasteiger partial charge in [0.2, 0.25) is 0 Å². The standard InChI is InChI=1S/C10H9BrN6O3/c11-9-13-10(17(19)20)15-16(9)5-6-2-1-3-7(4-6)8(18)14-12/h1-4H,5,12H2,(H,14,18). The summed E-state index contributed by atoms with van der Waals surface area (Å²) >= 11 is 3.09. The smallest absolute Gasteiger partial charge is 0.390 e. The minimum absolute atomic E-state index is 0.229. The van der Waals surface area contributed by atoms with Crippen LogP contribution in [0.2, 0.25) is 0 Å². The van der Waals surface area contributed by atoms with Crippen molar-refractivity contribution in [2.24, 2.45) is 5.84 Å². The molecule has 0 saturated carbocycles. The van der Waals surface area contributed by atoms with Crippen molar-refractivity contribution in [3.05, 3.63) is 50.2 Å². The van der Waals surface area contributed by atoms with Crippen LogP contribution in [0.3, 0.4) is 0 Å². The molecule has 9 nitrogen and oxygen atoms in total. The Hall–Kier alpha value is -2.33. The van der Waals surface area contributed by atoms with Crippen LogP contribution in [0.15, 0.2) is 29.0 Å². The van der Waals surface area contributed by atoms with Gasteiger partial charge >= 0.3 is 5.95 Å². The number of carbonyl (C=O) groups excluding carboxylic acids is 1. The van der Waals surface area contributed by atoms with Crippen LogP contribution in [0.4, 0.5) is 5.95 Å². The van der Waals surface area contributed by atoms with Crippen molar-refractivity contribution in [1.82, 2.24) is 20.2 Å². The summed E-state index contributed by atoms with van der Waals surface area (Å²) in [7, 11) is 0. The molecule has 2 aromatic rings. The molecule has 0 saturated heterocycles. The van der Waals surface area contributed by atoms with Crippen molar-refractivity contribution in [1.29, 1.82) is 0 Å². The molecule has 0 aliphatic rings. The fraction of sp³-hybridized carbons (Fsp3) is 0.100. The minimum Gasteiger partial charge on any atom is -0.390 e. The third kappa shape index (κ3) is 2.97. The molecule has 0 aliphatic heterocycles. The first kappa shape index (κ1) is 14.1. The van der Waals surface area contributed by atoms with Crippen molar-refractivity contribution in [2.45, 2.75) is 6.54 Å². The maximum absolute atomic E-state index is 11.4. The number of hydrazine groups is 1. The third-order valence-electron chi connectivity index (χ3n) is 2.43. The lowest BCUT2D eigenvalue weighted by atomic mass is 10.1. The Bertz CT molecular complexity index is 671. The van der Waals surface area contributed by atoms with Crippen molar-refractivity contribution in [3.63, 3.8) is 0 Å². The fourth-order valence-corrected chi connectivity index (χ4v) is 1.92. The molecule has 20 heavy (non-hydrogen) atoms. The Labute approximate surface area is 121 Å². The molecule has 3 N–H and O–H groups in total. The second kappa shape index (κ2) is 5.75. The summed E-state index contributed by atoms with van der Waals surface area (Å²) in [5.41, 5.74) is 3.14. The zero-order valence-corrected chi connectivity index (χ0v) is 11.6. The van der Waals surface area contributed by atoms with Gasteiger partial charge in [0, 0.05) is 26.6 Å². The van der Waals surface area contributed by atoms with Crippen LogP contribution in [-0.4, -0.2) is 25.6 Å². The van der Waals surface area contributed by atoms with Gasteiger partial charge in [-0.25, -0.2) is 5.84 Å². The van der Waals surface area contributed by atoms with Gasteiger partial charge in [-0.05, 0) is 27.6 Å². The first-order valence-corrected chi connectivity index (χ1v) is 6.15. The molecule has 1 aromatic heterocycles. The van der Waals surface area contributed by atoms with Gasteiger partial charge in [0.05, 0.1) is 6.54 Å². The van der Waals surface area contributed by atoms with E-state index < -0.39 is 16.8 Å². The molecule has 2 rings (SSSR count). The van der Waals surface area contributed by atoms with Gasteiger partial charge in [-0.15, -0.1) is 0 Å². The molecule has 104 valence electrons. The molecule has 0 bridgehead atoms. The highest BCUT2D eigenvalue weighted by atomic mass is 79.9. The number of hydrogen-bond acceptors (Lipinski definition) is 6. The van der Waals surface area contributed by atoms with Crippen LogP contribution in [0.5, 0.6) is 0 Å². The molecule has 1 heterocycles. The number of nitrogen functional groups attached to an aromatic ring is 1. The van der Waals surface area contributed by atoms with Gasteiger partial charge in [-0.2, -0.15) is 4.68 Å². The van der Waals surface area contributed by atoms with Gasteiger partial charge in [-0.1, -0.05) is 12.1 Å². The zero-order valence-electron chi connectivity index (χ0n) is 9.99. The van der Waals surface area contributed by atoms with E-state index >= 15 is 0 Å². The number of carbonyl (C=O) groups is 1. The molecule has 0 fully saturated rings. The van der Waals surface area contributed by atoms with E-state index in [1.807, 2.05) is 5.43 Å². The second-order valence-corrected chi connectivity index (χ2v) is 4.48. The van der Waals surface area contributed by atoms with E-state index in [0.29, 0.717) is 5.56 Å². The van der Waals surface area contributed by atoms with Crippen LogP contribution >= 0.6 is 15.9 Å². The number of halogens is 1. The van der Waals surface area contributed by atoms with Crippen LogP contribution in [0.1, 0.15) is 15.9 Å². The summed E-state index contributed by atoms with van der Waals surface area (Å²) in [6, 6.07) is 6.65. The number of nitrogens with two attached hydrogens (primary N) is 1. The van der Waals surface area contributed by atoms with Crippen LogP contribution < -0.4 is 11.3 Å². The van der Waals surface area contributed by atoms with E-state index in [4.69, 9.17) is 5.84 Å². The molecule has 1 amide bonds. The predicted molar refractivity (Wildman–Crippen MR) is 71.6 cm³/mol. The van der Waals surface area contributed by atoms with Gasteiger partial charge in [0.25, 0.3) is 10.6 Å². The highest BCUT2D eigenvalue weighted by Crippen LogP contribution is 2.15. The maximum Gasteiger partial charge on any atom is 0.492 e. The van der Waals surface area contributed by atoms with Crippen LogP contribution in [0, 0.1) is 10.1 Å². The minimum atomic E-state index is -0.681. The first-order chi connectivity index (χ1) is 9.51. The number of rotatable bonds is 4. The lowest BCUT2D eigenvalue weighted by Gasteiger charge is -2.03. The average Bonchev–Trinajstić information content (AvgIpc) is 2.80. The summed E-state index contributed by atoms with van der Waals surface area (Å²) in [6.45, 7) is 0.229. The number of nitrogens with one attached hydrogen (secondary N) is 1. The Kier molecular flexibility index (Phi) is 4.05. The number of aromatic nitrogens is 3. The number of hydrogen-bond donors (Lipinski definition) is 2. The number of nitrogens with zero attached hydrogens (tertiary/aromatic N) is 4. The monoisotopic (exact) mass is 340 g/mol. The van der Waals surface area contributed by atoms with E-state index in [9.17, 15) is 14.9 Å². The molecule has 0 atom stereocenters. The highest BCUT2D eigenvalue weighted by molar-refractivity contribution is 9.10. The van der Waals surface area contributed by atoms with E-state index in [-0.39, 0.29) is 11.3 Å². The van der Waals surface area contributed by atoms with E-state index in [2.05, 4.69) is 26.0 Å². The van der Waals surface area contributed by atoms with Gasteiger partial charge < -0.3 is 10.1 Å². The molecule has 0 radical (unpaired) electrons. The van der Waals surface area contributed by atoms with Crippen LogP contribution in [-0.2, 0) is 6.54 Å². The van der Waals surface area contributed by atoms with Crippen molar-refractivity contribution in [3.8, 4) is 0 Å². The molecular weight excluding hydrogens is 332 g/mol. The molecular formula is C10H9BrN6O3. The Morgan fingerprint density at radius 3 is 2.90 bits per heavy atom. The van der Waals surface area contributed by atoms with Crippen LogP contribution in [0.25, 0.3) is 0 Å². The molecule has 0 aliphatic carbocycles. The SMILES string of the molecule is NNC(=O)c1cccc(Cn2nc([N+](=O)[O-])nc2Br)c1. The fourth-order valence-electron chi connectivity index (χ4n) is 1.56. The van der Waals surface area contributed by atoms with Gasteiger partial charge in [-0.3, -0.25) is 10.2 Å². The Morgan fingerprint density at radius 1 is 1.55 bits per heavy atom. The Morgan fingerprint density at radius 2 is 2.30 bits per heavy atom. The lowest BCUT2D eigenvalue weighted by Crippen LogP contribution is -2.30. The zero-order chi connectivity index (χ0) is 14.7. The van der Waals surface area contributed by atoms with Gasteiger partial charge in [0.15, 0.2) is 0 Å². The van der Waals surface area contributed by atoms with E-state index in [1.54, 1.807) is 24.3 Å². The molecule has 0 unspecified atom stereocenters. The van der Waals surface area contributed by atoms with E-state index in [0.717, 1.165) is 5.56 Å². The lowest BCUT2D eigenvalue weighted by molar-refractivity contribution is -0.394. The maximum atomic E-state index is 11.4. The van der Waals surface area contributed by atoms with Gasteiger partial charge in [0.1, 0.15) is 0 Å².